The lowest BCUT2D eigenvalue weighted by Gasteiger charge is -2.03. The number of rotatable bonds is 3. The Morgan fingerprint density at radius 2 is 2.00 bits per heavy atom. The van der Waals surface area contributed by atoms with Gasteiger partial charge in [0, 0.05) is 23.0 Å². The fourth-order valence-electron chi connectivity index (χ4n) is 1.55. The van der Waals surface area contributed by atoms with Crippen LogP contribution in [0.2, 0.25) is 0 Å². The molecule has 0 aliphatic carbocycles. The summed E-state index contributed by atoms with van der Waals surface area (Å²) in [5.74, 6) is 6.87. The van der Waals surface area contributed by atoms with Gasteiger partial charge < -0.3 is 10.5 Å². The van der Waals surface area contributed by atoms with Crippen LogP contribution >= 0.6 is 0 Å². The molecule has 3 heteroatoms. The molecule has 0 aliphatic rings. The third kappa shape index (κ3) is 4.04. The van der Waals surface area contributed by atoms with E-state index >= 15 is 0 Å². The van der Waals surface area contributed by atoms with E-state index in [1.165, 1.54) is 0 Å². The van der Waals surface area contributed by atoms with Gasteiger partial charge in [0.2, 0.25) is 0 Å². The normalized spacial score (nSPS) is 9.53. The van der Waals surface area contributed by atoms with E-state index in [0.29, 0.717) is 12.3 Å². The minimum atomic E-state index is 0.688. The lowest BCUT2D eigenvalue weighted by Crippen LogP contribution is -1.95. The third-order valence-electron chi connectivity index (χ3n) is 2.42. The summed E-state index contributed by atoms with van der Waals surface area (Å²) in [4.78, 5) is 4.12. The van der Waals surface area contributed by atoms with Crippen molar-refractivity contribution < 1.29 is 4.74 Å². The van der Waals surface area contributed by atoms with Crippen molar-refractivity contribution in [3.8, 4) is 17.6 Å². The smallest absolute Gasteiger partial charge is 0.138 e. The van der Waals surface area contributed by atoms with Gasteiger partial charge in [0.15, 0.2) is 0 Å². The largest absolute Gasteiger partial charge is 0.492 e. The first kappa shape index (κ1) is 13.0. The number of ether oxygens (including phenoxy) is 1. The predicted octanol–water partition coefficient (Wildman–Crippen LogP) is 2.85. The minimum Gasteiger partial charge on any atom is -0.492 e. The second-order valence-corrected chi connectivity index (χ2v) is 4.13. The lowest BCUT2D eigenvalue weighted by molar-refractivity contribution is 0.316. The Hall–Kier alpha value is -2.47. The number of benzene rings is 1. The third-order valence-corrected chi connectivity index (χ3v) is 2.42. The van der Waals surface area contributed by atoms with Crippen LogP contribution in [-0.2, 0) is 0 Å². The van der Waals surface area contributed by atoms with E-state index in [2.05, 4.69) is 23.7 Å². The van der Waals surface area contributed by atoms with Gasteiger partial charge in [-0.2, -0.15) is 0 Å². The van der Waals surface area contributed by atoms with Gasteiger partial charge in [-0.05, 0) is 30.7 Å². The molecular weight excluding hydrogens is 236 g/mol. The summed E-state index contributed by atoms with van der Waals surface area (Å²) >= 11 is 0. The molecule has 0 amide bonds. The maximum Gasteiger partial charge on any atom is 0.138 e. The zero-order chi connectivity index (χ0) is 13.5. The summed E-state index contributed by atoms with van der Waals surface area (Å²) in [5, 5.41) is 0. The predicted molar refractivity (Wildman–Crippen MR) is 76.9 cm³/mol. The van der Waals surface area contributed by atoms with Crippen molar-refractivity contribution in [1.82, 2.24) is 4.98 Å². The van der Waals surface area contributed by atoms with E-state index < -0.39 is 0 Å². The van der Waals surface area contributed by atoms with Gasteiger partial charge >= 0.3 is 0 Å². The molecule has 19 heavy (non-hydrogen) atoms. The van der Waals surface area contributed by atoms with Crippen LogP contribution < -0.4 is 10.5 Å². The van der Waals surface area contributed by atoms with Crippen molar-refractivity contribution >= 4 is 5.69 Å². The Morgan fingerprint density at radius 1 is 1.16 bits per heavy atom. The Balaban J connectivity index is 2.15. The van der Waals surface area contributed by atoms with Crippen LogP contribution in [0, 0.1) is 11.8 Å². The van der Waals surface area contributed by atoms with Crippen LogP contribution in [0.25, 0.3) is 0 Å². The van der Waals surface area contributed by atoms with Gasteiger partial charge in [-0.25, -0.2) is 0 Å². The summed E-state index contributed by atoms with van der Waals surface area (Å²) in [6, 6.07) is 9.39. The van der Waals surface area contributed by atoms with Crippen molar-refractivity contribution in [1.29, 1.82) is 0 Å². The van der Waals surface area contributed by atoms with E-state index in [4.69, 9.17) is 10.5 Å². The first-order valence-electron chi connectivity index (χ1n) is 6.23. The highest BCUT2D eigenvalue weighted by Crippen LogP contribution is 2.11. The van der Waals surface area contributed by atoms with Crippen molar-refractivity contribution in [3.05, 3.63) is 53.9 Å². The maximum atomic E-state index is 5.71. The van der Waals surface area contributed by atoms with Gasteiger partial charge in [-0.15, -0.1) is 0 Å². The molecule has 0 spiro atoms. The number of hydrogen-bond acceptors (Lipinski definition) is 3. The zero-order valence-electron chi connectivity index (χ0n) is 10.9. The van der Waals surface area contributed by atoms with Crippen molar-refractivity contribution in [2.24, 2.45) is 0 Å². The number of aromatic nitrogens is 1. The van der Waals surface area contributed by atoms with Crippen LogP contribution in [0.4, 0.5) is 5.69 Å². The average Bonchev–Trinajstić information content (AvgIpc) is 2.43. The molecule has 2 rings (SSSR count). The van der Waals surface area contributed by atoms with Crippen LogP contribution in [0.1, 0.15) is 24.5 Å². The molecule has 1 heterocycles. The summed E-state index contributed by atoms with van der Waals surface area (Å²) in [5.41, 5.74) is 8.14. The molecule has 96 valence electrons. The van der Waals surface area contributed by atoms with Gasteiger partial charge in [-0.1, -0.05) is 24.8 Å². The molecule has 0 saturated carbocycles. The fourth-order valence-corrected chi connectivity index (χ4v) is 1.55. The van der Waals surface area contributed by atoms with Crippen LogP contribution in [-0.4, -0.2) is 11.6 Å². The lowest BCUT2D eigenvalue weighted by atomic mass is 10.2. The summed E-state index contributed by atoms with van der Waals surface area (Å²) in [6.07, 6.45) is 4.39. The first-order chi connectivity index (χ1) is 9.28. The monoisotopic (exact) mass is 252 g/mol. The molecule has 2 N–H and O–H groups in total. The van der Waals surface area contributed by atoms with Crippen LogP contribution in [0.15, 0.2) is 42.7 Å². The molecular formula is C16H16N2O. The highest BCUT2D eigenvalue weighted by atomic mass is 16.5. The van der Waals surface area contributed by atoms with E-state index in [9.17, 15) is 0 Å². The molecule has 0 bridgehead atoms. The average molecular weight is 252 g/mol. The molecule has 0 unspecified atom stereocenters. The van der Waals surface area contributed by atoms with Gasteiger partial charge in [0.05, 0.1) is 12.8 Å². The van der Waals surface area contributed by atoms with Gasteiger partial charge in [0.1, 0.15) is 5.75 Å². The topological polar surface area (TPSA) is 48.1 Å². The molecule has 2 aromatic rings. The Labute approximate surface area is 113 Å². The summed E-state index contributed by atoms with van der Waals surface area (Å²) in [6.45, 7) is 2.75. The number of nitrogens with two attached hydrogens (primary N) is 1. The minimum absolute atomic E-state index is 0.688. The first-order valence-corrected chi connectivity index (χ1v) is 6.23. The Morgan fingerprint density at radius 3 is 2.79 bits per heavy atom. The van der Waals surface area contributed by atoms with Crippen LogP contribution in [0.3, 0.4) is 0 Å². The number of hydrogen-bond donors (Lipinski definition) is 1. The zero-order valence-corrected chi connectivity index (χ0v) is 10.9. The fraction of sp³-hybridized carbons (Fsp3) is 0.188. The number of nitrogens with zero attached hydrogens (tertiary/aromatic N) is 1. The summed E-state index contributed by atoms with van der Waals surface area (Å²) in [7, 11) is 0. The molecule has 3 nitrogen and oxygen atoms in total. The van der Waals surface area contributed by atoms with Gasteiger partial charge in [0.25, 0.3) is 0 Å². The second kappa shape index (κ2) is 6.46. The van der Waals surface area contributed by atoms with Crippen LogP contribution in [0.5, 0.6) is 5.75 Å². The molecule has 0 atom stereocenters. The molecule has 0 fully saturated rings. The van der Waals surface area contributed by atoms with Crippen molar-refractivity contribution in [2.75, 3.05) is 12.3 Å². The van der Waals surface area contributed by atoms with E-state index in [-0.39, 0.29) is 0 Å². The molecule has 0 radical (unpaired) electrons. The highest BCUT2D eigenvalue weighted by Gasteiger charge is 1.95. The maximum absolute atomic E-state index is 5.71. The van der Waals surface area contributed by atoms with E-state index in [1.807, 2.05) is 30.3 Å². The number of pyridine rings is 1. The number of anilines is 1. The van der Waals surface area contributed by atoms with E-state index in [0.717, 1.165) is 23.3 Å². The molecule has 1 aromatic carbocycles. The highest BCUT2D eigenvalue weighted by molar-refractivity contribution is 5.49. The second-order valence-electron chi connectivity index (χ2n) is 4.13. The van der Waals surface area contributed by atoms with E-state index in [1.54, 1.807) is 12.4 Å². The number of nitrogen functional groups attached to an aromatic ring is 1. The SMILES string of the molecule is CCCOc1cncc(C#Cc2cccc(N)c2)c1. The Bertz CT molecular complexity index is 611. The van der Waals surface area contributed by atoms with Crippen molar-refractivity contribution in [3.63, 3.8) is 0 Å². The Kier molecular flexibility index (Phi) is 4.41. The summed E-state index contributed by atoms with van der Waals surface area (Å²) < 4.78 is 5.52. The molecule has 0 saturated heterocycles. The quantitative estimate of drug-likeness (QED) is 0.675. The molecule has 0 aliphatic heterocycles. The standard InChI is InChI=1S/C16H16N2O/c1-2-8-19-16-10-14(11-18-12-16)7-6-13-4-3-5-15(17)9-13/h3-5,9-12H,2,8,17H2,1H3. The van der Waals surface area contributed by atoms with Crippen molar-refractivity contribution in [2.45, 2.75) is 13.3 Å². The molecule has 1 aromatic heterocycles. The van der Waals surface area contributed by atoms with Gasteiger partial charge in [-0.3, -0.25) is 4.98 Å².